The Labute approximate surface area is 390 Å². The molecular weight excluding hydrogens is 833 g/mol. The van der Waals surface area contributed by atoms with Crippen molar-refractivity contribution in [2.24, 2.45) is 11.8 Å². The van der Waals surface area contributed by atoms with Crippen molar-refractivity contribution in [1.82, 2.24) is 40.9 Å². The molecule has 0 bridgehead atoms. The standard InChI is InChI=1S/C52H70N8O6/c1-37(2)45(55-51(65)59-29-25-57(26-30-59)35-41-21-13-7-14-22-41)49(63)53-43(33-39-17-9-5-10-18-39)47(61)48(62)44(34-40-19-11-6-12-20-40)54-50(64)46(38(3)4)56-52(66)60-31-27-58(28-32-60)36-42-23-15-8-16-24-42/h5-24,37-38,43-48,61-62H,25-36H2,1-4H3,(H,53,63)(H,54,64)(H,55,65)(H,56,66)/t43-,44-,45-,46+,47+,48-/m0/s1. The van der Waals surface area contributed by atoms with Gasteiger partial charge >= 0.3 is 12.1 Å². The number of piperazine rings is 2. The first-order valence-corrected chi connectivity index (χ1v) is 23.5. The zero-order valence-corrected chi connectivity index (χ0v) is 39.0. The van der Waals surface area contributed by atoms with Crippen LogP contribution in [0.1, 0.15) is 49.9 Å². The first kappa shape index (κ1) is 49.6. The molecule has 354 valence electrons. The van der Waals surface area contributed by atoms with Crippen molar-refractivity contribution in [1.29, 1.82) is 0 Å². The Hall–Kier alpha value is -5.80. The Balaban J connectivity index is 1.12. The van der Waals surface area contributed by atoms with E-state index in [1.807, 2.05) is 125 Å². The second-order valence-corrected chi connectivity index (χ2v) is 18.4. The number of nitrogens with one attached hydrogen (secondary N) is 4. The molecule has 4 aromatic rings. The van der Waals surface area contributed by atoms with Gasteiger partial charge in [0.05, 0.1) is 12.1 Å². The number of carbonyl (C=O) groups is 4. The number of hydrogen-bond donors (Lipinski definition) is 6. The van der Waals surface area contributed by atoms with E-state index in [0.29, 0.717) is 52.4 Å². The Morgan fingerprint density at radius 3 is 1.02 bits per heavy atom. The summed E-state index contributed by atoms with van der Waals surface area (Å²) < 4.78 is 0. The fraction of sp³-hybridized carbons (Fsp3) is 0.462. The summed E-state index contributed by atoms with van der Waals surface area (Å²) in [6.07, 6.45) is -2.82. The monoisotopic (exact) mass is 903 g/mol. The first-order valence-electron chi connectivity index (χ1n) is 23.5. The number of urea groups is 2. The zero-order valence-electron chi connectivity index (χ0n) is 39.0. The highest BCUT2D eigenvalue weighted by atomic mass is 16.3. The summed E-state index contributed by atoms with van der Waals surface area (Å²) in [6.45, 7) is 13.8. The van der Waals surface area contributed by atoms with E-state index in [1.165, 1.54) is 11.1 Å². The molecule has 6 atom stereocenters. The first-order chi connectivity index (χ1) is 31.8. The zero-order chi connectivity index (χ0) is 47.0. The molecule has 0 spiro atoms. The van der Waals surface area contributed by atoms with Gasteiger partial charge in [0, 0.05) is 65.4 Å². The van der Waals surface area contributed by atoms with Crippen LogP contribution in [0.15, 0.2) is 121 Å². The summed E-state index contributed by atoms with van der Waals surface area (Å²) in [7, 11) is 0. The lowest BCUT2D eigenvalue weighted by atomic mass is 9.90. The molecule has 2 heterocycles. The quantitative estimate of drug-likeness (QED) is 0.0812. The lowest BCUT2D eigenvalue weighted by Crippen LogP contribution is -2.63. The smallest absolute Gasteiger partial charge is 0.318 e. The number of hydrogen-bond acceptors (Lipinski definition) is 8. The van der Waals surface area contributed by atoms with Crippen LogP contribution in [0.25, 0.3) is 0 Å². The Morgan fingerprint density at radius 1 is 0.439 bits per heavy atom. The number of nitrogens with zero attached hydrogens (tertiary/aromatic N) is 4. The lowest BCUT2D eigenvalue weighted by molar-refractivity contribution is -0.129. The number of rotatable bonds is 19. The highest BCUT2D eigenvalue weighted by Gasteiger charge is 2.38. The summed E-state index contributed by atoms with van der Waals surface area (Å²) in [5, 5.41) is 36.2. The Morgan fingerprint density at radius 2 is 0.727 bits per heavy atom. The highest BCUT2D eigenvalue weighted by molar-refractivity contribution is 5.88. The van der Waals surface area contributed by atoms with E-state index in [-0.39, 0.29) is 36.7 Å². The van der Waals surface area contributed by atoms with Gasteiger partial charge in [0.25, 0.3) is 0 Å². The number of aliphatic hydroxyl groups excluding tert-OH is 2. The van der Waals surface area contributed by atoms with Crippen LogP contribution in [0.4, 0.5) is 9.59 Å². The van der Waals surface area contributed by atoms with Crippen molar-refractivity contribution in [2.75, 3.05) is 52.4 Å². The van der Waals surface area contributed by atoms with Crippen LogP contribution in [0, 0.1) is 11.8 Å². The molecule has 4 aromatic carbocycles. The Kier molecular flexibility index (Phi) is 18.5. The summed E-state index contributed by atoms with van der Waals surface area (Å²) >= 11 is 0. The van der Waals surface area contributed by atoms with Gasteiger partial charge in [0.15, 0.2) is 0 Å². The summed E-state index contributed by atoms with van der Waals surface area (Å²) in [5.74, 6) is -1.61. The molecule has 66 heavy (non-hydrogen) atoms. The van der Waals surface area contributed by atoms with E-state index in [1.54, 1.807) is 9.80 Å². The molecule has 0 saturated carbocycles. The van der Waals surface area contributed by atoms with Gasteiger partial charge in [-0.25, -0.2) is 9.59 Å². The molecule has 2 aliphatic rings. The SMILES string of the molecule is CC(C)[C@H](NC(=O)N1CCN(Cc2ccccc2)CC1)C(=O)N[C@@H](Cc1ccccc1)[C@@H](O)[C@@H](O)[C@H](Cc1ccccc1)NC(=O)[C@H](NC(=O)N1CCN(Cc2ccccc2)CC1)C(C)C. The third-order valence-corrected chi connectivity index (χ3v) is 12.7. The van der Waals surface area contributed by atoms with Gasteiger partial charge in [0.2, 0.25) is 11.8 Å². The van der Waals surface area contributed by atoms with Gasteiger partial charge in [-0.2, -0.15) is 0 Å². The average molecular weight is 903 g/mol. The molecule has 0 aromatic heterocycles. The van der Waals surface area contributed by atoms with Crippen LogP contribution < -0.4 is 21.3 Å². The molecule has 14 nitrogen and oxygen atoms in total. The number of benzene rings is 4. The van der Waals surface area contributed by atoms with Crippen molar-refractivity contribution < 1.29 is 29.4 Å². The van der Waals surface area contributed by atoms with Gasteiger partial charge < -0.3 is 41.3 Å². The van der Waals surface area contributed by atoms with E-state index >= 15 is 0 Å². The number of aliphatic hydroxyl groups is 2. The summed E-state index contributed by atoms with van der Waals surface area (Å²) in [4.78, 5) is 63.9. The van der Waals surface area contributed by atoms with Crippen molar-refractivity contribution in [3.05, 3.63) is 144 Å². The van der Waals surface area contributed by atoms with Crippen LogP contribution in [0.5, 0.6) is 0 Å². The molecule has 6 rings (SSSR count). The third kappa shape index (κ3) is 14.6. The number of carbonyl (C=O) groups excluding carboxylic acids is 4. The average Bonchev–Trinajstić information content (AvgIpc) is 3.33. The highest BCUT2D eigenvalue weighted by Crippen LogP contribution is 2.18. The van der Waals surface area contributed by atoms with Crippen molar-refractivity contribution in [2.45, 2.75) is 90.0 Å². The van der Waals surface area contributed by atoms with Crippen LogP contribution in [-0.2, 0) is 35.5 Å². The van der Waals surface area contributed by atoms with E-state index < -0.39 is 48.2 Å². The van der Waals surface area contributed by atoms with Crippen LogP contribution in [0.2, 0.25) is 0 Å². The maximum Gasteiger partial charge on any atom is 0.318 e. The van der Waals surface area contributed by atoms with Gasteiger partial charge in [-0.15, -0.1) is 0 Å². The molecule has 14 heteroatoms. The molecule has 6 N–H and O–H groups in total. The van der Waals surface area contributed by atoms with Crippen molar-refractivity contribution in [3.63, 3.8) is 0 Å². The van der Waals surface area contributed by atoms with Crippen molar-refractivity contribution >= 4 is 23.9 Å². The maximum atomic E-state index is 14.3. The van der Waals surface area contributed by atoms with E-state index in [0.717, 1.165) is 24.2 Å². The predicted octanol–water partition coefficient (Wildman–Crippen LogP) is 4.27. The second kappa shape index (κ2) is 24.6. The molecule has 2 fully saturated rings. The minimum Gasteiger partial charge on any atom is -0.388 e. The molecule has 6 amide bonds. The topological polar surface area (TPSA) is 170 Å². The summed E-state index contributed by atoms with van der Waals surface area (Å²) in [6, 6.07) is 34.5. The van der Waals surface area contributed by atoms with Gasteiger partial charge in [-0.3, -0.25) is 19.4 Å². The number of amides is 6. The predicted molar refractivity (Wildman–Crippen MR) is 257 cm³/mol. The normalized spacial score (nSPS) is 17.6. The van der Waals surface area contributed by atoms with Crippen LogP contribution in [-0.4, -0.2) is 142 Å². The van der Waals surface area contributed by atoms with Crippen molar-refractivity contribution in [3.8, 4) is 0 Å². The molecule has 0 unspecified atom stereocenters. The molecule has 0 aliphatic carbocycles. The maximum absolute atomic E-state index is 14.3. The van der Waals surface area contributed by atoms with Gasteiger partial charge in [0.1, 0.15) is 24.3 Å². The lowest BCUT2D eigenvalue weighted by Gasteiger charge is -2.37. The fourth-order valence-electron chi connectivity index (χ4n) is 8.69. The van der Waals surface area contributed by atoms with Crippen LogP contribution >= 0.6 is 0 Å². The molecule has 2 saturated heterocycles. The Bertz CT molecular complexity index is 1950. The van der Waals surface area contributed by atoms with Gasteiger partial charge in [-0.1, -0.05) is 149 Å². The summed E-state index contributed by atoms with van der Waals surface area (Å²) in [5.41, 5.74) is 4.03. The van der Waals surface area contributed by atoms with E-state index in [9.17, 15) is 29.4 Å². The van der Waals surface area contributed by atoms with Crippen LogP contribution in [0.3, 0.4) is 0 Å². The molecule has 0 radical (unpaired) electrons. The third-order valence-electron chi connectivity index (χ3n) is 12.7. The van der Waals surface area contributed by atoms with E-state index in [4.69, 9.17) is 0 Å². The molecule has 2 aliphatic heterocycles. The minimum absolute atomic E-state index is 0.155. The second-order valence-electron chi connectivity index (χ2n) is 18.4. The largest absolute Gasteiger partial charge is 0.388 e. The van der Waals surface area contributed by atoms with E-state index in [2.05, 4.69) is 55.3 Å². The molecular formula is C52H70N8O6. The minimum atomic E-state index is -1.57. The van der Waals surface area contributed by atoms with Gasteiger partial charge in [-0.05, 0) is 46.9 Å². The fourth-order valence-corrected chi connectivity index (χ4v) is 8.69.